The SMILES string of the molecule is c1ccc(-c2ccc(N(c3ccc4c(c3)sc3ccccc34)c3cccc4c3oc3c5ccccc5ncc43)cc2)cc1. The van der Waals surface area contributed by atoms with Gasteiger partial charge in [0.05, 0.1) is 11.2 Å². The van der Waals surface area contributed by atoms with Crippen LogP contribution in [0.5, 0.6) is 0 Å². The average molecular weight is 569 g/mol. The maximum Gasteiger partial charge on any atom is 0.159 e. The summed E-state index contributed by atoms with van der Waals surface area (Å²) in [5, 5.41) is 5.68. The van der Waals surface area contributed by atoms with E-state index in [9.17, 15) is 0 Å². The molecule has 0 aliphatic heterocycles. The molecule has 202 valence electrons. The highest BCUT2D eigenvalue weighted by atomic mass is 32.1. The molecule has 9 aromatic rings. The summed E-state index contributed by atoms with van der Waals surface area (Å²) in [6.45, 7) is 0. The molecule has 3 heterocycles. The van der Waals surface area contributed by atoms with E-state index in [-0.39, 0.29) is 0 Å². The van der Waals surface area contributed by atoms with Crippen LogP contribution in [0.25, 0.3) is 64.1 Å². The topological polar surface area (TPSA) is 29.3 Å². The number of nitrogens with zero attached hydrogens (tertiary/aromatic N) is 2. The van der Waals surface area contributed by atoms with Crippen LogP contribution in [0, 0.1) is 0 Å². The van der Waals surface area contributed by atoms with E-state index in [0.717, 1.165) is 49.9 Å². The van der Waals surface area contributed by atoms with Crippen LogP contribution in [0.3, 0.4) is 0 Å². The predicted octanol–water partition coefficient (Wildman–Crippen LogP) is 11.6. The van der Waals surface area contributed by atoms with Crippen LogP contribution in [-0.4, -0.2) is 4.98 Å². The van der Waals surface area contributed by atoms with Crippen LogP contribution in [0.1, 0.15) is 0 Å². The Morgan fingerprint density at radius 2 is 1.19 bits per heavy atom. The maximum absolute atomic E-state index is 6.77. The van der Waals surface area contributed by atoms with Crippen molar-refractivity contribution in [2.24, 2.45) is 0 Å². The highest BCUT2D eigenvalue weighted by molar-refractivity contribution is 7.25. The van der Waals surface area contributed by atoms with Crippen molar-refractivity contribution >= 4 is 81.4 Å². The summed E-state index contributed by atoms with van der Waals surface area (Å²) in [6, 6.07) is 49.3. The molecule has 0 aliphatic carbocycles. The van der Waals surface area contributed by atoms with Crippen molar-refractivity contribution in [3.63, 3.8) is 0 Å². The second kappa shape index (κ2) is 9.55. The fourth-order valence-corrected chi connectivity index (χ4v) is 7.39. The molecular weight excluding hydrogens is 545 g/mol. The molecule has 0 fully saturated rings. The number of hydrogen-bond acceptors (Lipinski definition) is 4. The number of hydrogen-bond donors (Lipinski definition) is 0. The number of fused-ring (bicyclic) bond motifs is 8. The monoisotopic (exact) mass is 568 g/mol. The number of benzene rings is 6. The van der Waals surface area contributed by atoms with Crippen LogP contribution in [0.15, 0.2) is 150 Å². The molecule has 3 nitrogen and oxygen atoms in total. The molecular formula is C39H24N2OS. The zero-order chi connectivity index (χ0) is 28.3. The van der Waals surface area contributed by atoms with Crippen LogP contribution in [0.4, 0.5) is 17.1 Å². The van der Waals surface area contributed by atoms with E-state index in [0.29, 0.717) is 0 Å². The number of anilines is 3. The first-order chi connectivity index (χ1) is 21.3. The minimum Gasteiger partial charge on any atom is -0.453 e. The molecule has 0 aliphatic rings. The first-order valence-electron chi connectivity index (χ1n) is 14.4. The third-order valence-corrected chi connectivity index (χ3v) is 9.44. The Morgan fingerprint density at radius 3 is 2.07 bits per heavy atom. The minimum absolute atomic E-state index is 0.847. The Labute approximate surface area is 251 Å². The molecule has 0 N–H and O–H groups in total. The van der Waals surface area contributed by atoms with Gasteiger partial charge in [-0.25, -0.2) is 0 Å². The number of furan rings is 1. The lowest BCUT2D eigenvalue weighted by atomic mass is 10.0. The first-order valence-corrected chi connectivity index (χ1v) is 15.2. The molecule has 43 heavy (non-hydrogen) atoms. The van der Waals surface area contributed by atoms with Gasteiger partial charge in [0.2, 0.25) is 0 Å². The summed E-state index contributed by atoms with van der Waals surface area (Å²) < 4.78 is 9.33. The van der Waals surface area contributed by atoms with Crippen molar-refractivity contribution in [1.29, 1.82) is 0 Å². The van der Waals surface area contributed by atoms with Gasteiger partial charge >= 0.3 is 0 Å². The second-order valence-electron chi connectivity index (χ2n) is 10.8. The quantitative estimate of drug-likeness (QED) is 0.211. The Balaban J connectivity index is 1.29. The predicted molar refractivity (Wildman–Crippen MR) is 182 cm³/mol. The van der Waals surface area contributed by atoms with Crippen molar-refractivity contribution in [3.05, 3.63) is 146 Å². The van der Waals surface area contributed by atoms with E-state index in [2.05, 4.69) is 126 Å². The molecule has 4 heteroatoms. The molecule has 9 rings (SSSR count). The molecule has 0 unspecified atom stereocenters. The van der Waals surface area contributed by atoms with Gasteiger partial charge in [-0.3, -0.25) is 4.98 Å². The first kappa shape index (κ1) is 24.2. The Hall–Kier alpha value is -5.45. The van der Waals surface area contributed by atoms with Gasteiger partial charge in [-0.1, -0.05) is 91.0 Å². The van der Waals surface area contributed by atoms with Crippen LogP contribution in [-0.2, 0) is 0 Å². The van der Waals surface area contributed by atoms with E-state index in [1.54, 1.807) is 0 Å². The van der Waals surface area contributed by atoms with Crippen molar-refractivity contribution < 1.29 is 4.42 Å². The van der Waals surface area contributed by atoms with Gasteiger partial charge in [-0.15, -0.1) is 11.3 Å². The molecule has 0 bridgehead atoms. The molecule has 0 amide bonds. The number of para-hydroxylation sites is 2. The van der Waals surface area contributed by atoms with E-state index >= 15 is 0 Å². The highest BCUT2D eigenvalue weighted by Crippen LogP contribution is 2.45. The van der Waals surface area contributed by atoms with Crippen LogP contribution >= 0.6 is 11.3 Å². The molecule has 6 aromatic carbocycles. The fraction of sp³-hybridized carbons (Fsp3) is 0. The summed E-state index contributed by atoms with van der Waals surface area (Å²) >= 11 is 1.83. The van der Waals surface area contributed by atoms with Gasteiger partial charge in [0, 0.05) is 53.9 Å². The Bertz CT molecular complexity index is 2460. The Morgan fingerprint density at radius 1 is 0.488 bits per heavy atom. The van der Waals surface area contributed by atoms with Gasteiger partial charge in [0.1, 0.15) is 5.58 Å². The van der Waals surface area contributed by atoms with Crippen molar-refractivity contribution in [3.8, 4) is 11.1 Å². The molecule has 0 radical (unpaired) electrons. The molecule has 0 saturated carbocycles. The fourth-order valence-electron chi connectivity index (χ4n) is 6.25. The summed E-state index contributed by atoms with van der Waals surface area (Å²) in [5.41, 5.74) is 8.17. The van der Waals surface area contributed by atoms with Gasteiger partial charge in [-0.05, 0) is 59.7 Å². The summed E-state index contributed by atoms with van der Waals surface area (Å²) in [6.07, 6.45) is 1.94. The smallest absolute Gasteiger partial charge is 0.159 e. The third-order valence-electron chi connectivity index (χ3n) is 8.31. The summed E-state index contributed by atoms with van der Waals surface area (Å²) in [7, 11) is 0. The van der Waals surface area contributed by atoms with Gasteiger partial charge in [-0.2, -0.15) is 0 Å². The van der Waals surface area contributed by atoms with Crippen molar-refractivity contribution in [2.75, 3.05) is 4.90 Å². The molecule has 3 aromatic heterocycles. The number of aromatic nitrogens is 1. The van der Waals surface area contributed by atoms with Crippen LogP contribution in [0.2, 0.25) is 0 Å². The van der Waals surface area contributed by atoms with Crippen molar-refractivity contribution in [2.45, 2.75) is 0 Å². The standard InChI is InChI=1S/C39H24N2OS/c1-2-9-25(10-3-1)26-17-19-27(20-18-26)41(28-21-22-30-29-11-5-7-16-36(29)43-37(30)23-28)35-15-8-13-31-33-24-40-34-14-6-4-12-32(34)38(33)42-39(31)35/h1-24H. The van der Waals surface area contributed by atoms with E-state index in [4.69, 9.17) is 9.40 Å². The minimum atomic E-state index is 0.847. The molecule has 0 atom stereocenters. The van der Waals surface area contributed by atoms with Gasteiger partial charge in [0.15, 0.2) is 5.58 Å². The third kappa shape index (κ3) is 3.84. The second-order valence-corrected chi connectivity index (χ2v) is 11.9. The normalized spacial score (nSPS) is 11.7. The van der Waals surface area contributed by atoms with E-state index in [1.807, 2.05) is 35.7 Å². The number of rotatable bonds is 4. The molecule has 0 spiro atoms. The van der Waals surface area contributed by atoms with Crippen molar-refractivity contribution in [1.82, 2.24) is 4.98 Å². The zero-order valence-electron chi connectivity index (χ0n) is 23.1. The highest BCUT2D eigenvalue weighted by Gasteiger charge is 2.21. The molecule has 0 saturated heterocycles. The number of thiophene rings is 1. The summed E-state index contributed by atoms with van der Waals surface area (Å²) in [4.78, 5) is 7.06. The lowest BCUT2D eigenvalue weighted by molar-refractivity contribution is 0.672. The summed E-state index contributed by atoms with van der Waals surface area (Å²) in [5.74, 6) is 0. The van der Waals surface area contributed by atoms with Gasteiger partial charge < -0.3 is 9.32 Å². The maximum atomic E-state index is 6.77. The zero-order valence-corrected chi connectivity index (χ0v) is 23.9. The lowest BCUT2D eigenvalue weighted by Crippen LogP contribution is -2.10. The lowest BCUT2D eigenvalue weighted by Gasteiger charge is -2.26. The largest absolute Gasteiger partial charge is 0.453 e. The van der Waals surface area contributed by atoms with Gasteiger partial charge in [0.25, 0.3) is 0 Å². The van der Waals surface area contributed by atoms with E-state index in [1.165, 1.54) is 31.3 Å². The van der Waals surface area contributed by atoms with Crippen LogP contribution < -0.4 is 4.90 Å². The average Bonchev–Trinajstić information content (AvgIpc) is 3.64. The Kier molecular flexibility index (Phi) is 5.37. The van der Waals surface area contributed by atoms with E-state index < -0.39 is 0 Å². The number of pyridine rings is 1.